The summed E-state index contributed by atoms with van der Waals surface area (Å²) >= 11 is 0. The molecular formula is C16H32O4. The van der Waals surface area contributed by atoms with Crippen molar-refractivity contribution in [2.75, 3.05) is 0 Å². The quantitative estimate of drug-likeness (QED) is 0.760. The van der Waals surface area contributed by atoms with E-state index < -0.39 is 5.97 Å². The zero-order valence-corrected chi connectivity index (χ0v) is 14.2. The molecule has 1 rings (SSSR count). The first-order valence-electron chi connectivity index (χ1n) is 7.67. The maximum atomic E-state index is 10.4. The SMILES string of the molecule is CC1OOC(C)(C)C1(C)C.CCCCC(CC)C(=O)O. The topological polar surface area (TPSA) is 55.8 Å². The second kappa shape index (κ2) is 7.99. The lowest BCUT2D eigenvalue weighted by Gasteiger charge is -2.31. The van der Waals surface area contributed by atoms with E-state index in [0.717, 1.165) is 25.7 Å². The van der Waals surface area contributed by atoms with E-state index in [2.05, 4.69) is 34.6 Å². The molecule has 1 aliphatic heterocycles. The molecule has 0 radical (unpaired) electrons. The molecule has 0 aliphatic carbocycles. The van der Waals surface area contributed by atoms with E-state index in [1.54, 1.807) is 0 Å². The summed E-state index contributed by atoms with van der Waals surface area (Å²) in [5.74, 6) is -0.754. The molecule has 1 aliphatic rings. The Morgan fingerprint density at radius 1 is 1.25 bits per heavy atom. The van der Waals surface area contributed by atoms with Crippen molar-refractivity contribution in [1.82, 2.24) is 0 Å². The minimum atomic E-state index is -0.643. The highest BCUT2D eigenvalue weighted by atomic mass is 17.2. The predicted molar refractivity (Wildman–Crippen MR) is 80.4 cm³/mol. The Hall–Kier alpha value is -0.610. The van der Waals surface area contributed by atoms with Crippen LogP contribution in [0.1, 0.15) is 74.1 Å². The van der Waals surface area contributed by atoms with Crippen molar-refractivity contribution >= 4 is 5.97 Å². The Balaban J connectivity index is 0.000000361. The molecule has 1 fully saturated rings. The zero-order chi connectivity index (χ0) is 16.0. The van der Waals surface area contributed by atoms with Crippen molar-refractivity contribution in [3.05, 3.63) is 0 Å². The van der Waals surface area contributed by atoms with E-state index in [0.29, 0.717) is 0 Å². The number of aliphatic carboxylic acids is 1. The maximum Gasteiger partial charge on any atom is 0.306 e. The number of hydrogen-bond acceptors (Lipinski definition) is 3. The highest BCUT2D eigenvalue weighted by molar-refractivity contribution is 5.69. The van der Waals surface area contributed by atoms with Crippen LogP contribution < -0.4 is 0 Å². The van der Waals surface area contributed by atoms with Gasteiger partial charge in [0.25, 0.3) is 0 Å². The van der Waals surface area contributed by atoms with Crippen LogP contribution in [0, 0.1) is 11.3 Å². The molecule has 1 heterocycles. The van der Waals surface area contributed by atoms with Crippen LogP contribution in [0.2, 0.25) is 0 Å². The minimum absolute atomic E-state index is 0.104. The average Bonchev–Trinajstić information content (AvgIpc) is 2.54. The molecule has 4 heteroatoms. The average molecular weight is 288 g/mol. The summed E-state index contributed by atoms with van der Waals surface area (Å²) in [6.07, 6.45) is 3.90. The third kappa shape index (κ3) is 5.06. The van der Waals surface area contributed by atoms with E-state index in [4.69, 9.17) is 14.9 Å². The van der Waals surface area contributed by atoms with Crippen molar-refractivity contribution in [2.45, 2.75) is 85.9 Å². The van der Waals surface area contributed by atoms with Gasteiger partial charge >= 0.3 is 5.97 Å². The standard InChI is InChI=1S/2C8H16O2/c1-6-7(2,3)8(4,5)10-9-6;1-3-5-6-7(4-2)8(9)10/h6H,1-5H3;7H,3-6H2,1-2H3,(H,9,10). The van der Waals surface area contributed by atoms with Gasteiger partial charge in [0.1, 0.15) is 5.60 Å². The third-order valence-corrected chi connectivity index (χ3v) is 4.72. The fraction of sp³-hybridized carbons (Fsp3) is 0.938. The molecule has 0 aromatic heterocycles. The Labute approximate surface area is 123 Å². The first-order valence-corrected chi connectivity index (χ1v) is 7.67. The summed E-state index contributed by atoms with van der Waals surface area (Å²) in [5.41, 5.74) is -0.0561. The maximum absolute atomic E-state index is 10.4. The number of carboxylic acids is 1. The van der Waals surface area contributed by atoms with E-state index in [-0.39, 0.29) is 23.0 Å². The molecule has 0 aromatic carbocycles. The van der Waals surface area contributed by atoms with Crippen LogP contribution in [0.3, 0.4) is 0 Å². The van der Waals surface area contributed by atoms with Gasteiger partial charge in [-0.1, -0.05) is 40.5 Å². The van der Waals surface area contributed by atoms with Crippen LogP contribution in [0.5, 0.6) is 0 Å². The first kappa shape index (κ1) is 19.4. The summed E-state index contributed by atoms with van der Waals surface area (Å²) < 4.78 is 0. The highest BCUT2D eigenvalue weighted by Gasteiger charge is 2.50. The molecule has 4 nitrogen and oxygen atoms in total. The van der Waals surface area contributed by atoms with Crippen LogP contribution in [-0.2, 0) is 14.6 Å². The predicted octanol–water partition coefficient (Wildman–Crippen LogP) is 4.43. The molecule has 1 saturated heterocycles. The van der Waals surface area contributed by atoms with E-state index >= 15 is 0 Å². The second-order valence-corrected chi connectivity index (χ2v) is 6.64. The third-order valence-electron chi connectivity index (χ3n) is 4.72. The fourth-order valence-corrected chi connectivity index (χ4v) is 1.86. The van der Waals surface area contributed by atoms with Crippen molar-refractivity contribution < 1.29 is 19.7 Å². The molecule has 0 aromatic rings. The van der Waals surface area contributed by atoms with Gasteiger partial charge in [0.2, 0.25) is 0 Å². The Bertz CT molecular complexity index is 297. The van der Waals surface area contributed by atoms with Crippen molar-refractivity contribution in [3.8, 4) is 0 Å². The number of rotatable bonds is 5. The van der Waals surface area contributed by atoms with Gasteiger partial charge in [0, 0.05) is 5.41 Å². The van der Waals surface area contributed by atoms with Gasteiger partial charge in [-0.25, -0.2) is 9.78 Å². The van der Waals surface area contributed by atoms with Gasteiger partial charge < -0.3 is 5.11 Å². The monoisotopic (exact) mass is 288 g/mol. The fourth-order valence-electron chi connectivity index (χ4n) is 1.86. The first-order chi connectivity index (χ1) is 9.10. The number of hydrogen-bond donors (Lipinski definition) is 1. The summed E-state index contributed by atoms with van der Waals surface area (Å²) in [6.45, 7) is 14.5. The van der Waals surface area contributed by atoms with Gasteiger partial charge in [-0.15, -0.1) is 0 Å². The van der Waals surface area contributed by atoms with Crippen molar-refractivity contribution in [2.24, 2.45) is 11.3 Å². The molecule has 2 unspecified atom stereocenters. The lowest BCUT2D eigenvalue weighted by Crippen LogP contribution is -2.39. The van der Waals surface area contributed by atoms with Gasteiger partial charge in [-0.2, -0.15) is 0 Å². The second-order valence-electron chi connectivity index (χ2n) is 6.64. The minimum Gasteiger partial charge on any atom is -0.481 e. The van der Waals surface area contributed by atoms with E-state index in [1.807, 2.05) is 13.8 Å². The molecule has 120 valence electrons. The summed E-state index contributed by atoms with van der Waals surface area (Å²) in [5, 5.41) is 8.60. The summed E-state index contributed by atoms with van der Waals surface area (Å²) in [4.78, 5) is 20.7. The van der Waals surface area contributed by atoms with Gasteiger partial charge in [-0.05, 0) is 33.6 Å². The Morgan fingerprint density at radius 2 is 1.80 bits per heavy atom. The molecular weight excluding hydrogens is 256 g/mol. The van der Waals surface area contributed by atoms with Crippen LogP contribution in [0.25, 0.3) is 0 Å². The number of carbonyl (C=O) groups is 1. The van der Waals surface area contributed by atoms with Crippen LogP contribution in [0.4, 0.5) is 0 Å². The normalized spacial score (nSPS) is 24.6. The van der Waals surface area contributed by atoms with Gasteiger partial charge in [0.05, 0.1) is 12.0 Å². The van der Waals surface area contributed by atoms with Crippen LogP contribution in [0.15, 0.2) is 0 Å². The van der Waals surface area contributed by atoms with Gasteiger partial charge in [0.15, 0.2) is 0 Å². The number of unbranched alkanes of at least 4 members (excludes halogenated alkanes) is 1. The smallest absolute Gasteiger partial charge is 0.306 e. The Kier molecular flexibility index (Phi) is 7.74. The summed E-state index contributed by atoms with van der Waals surface area (Å²) in [7, 11) is 0. The van der Waals surface area contributed by atoms with Crippen molar-refractivity contribution in [1.29, 1.82) is 0 Å². The Morgan fingerprint density at radius 3 is 2.00 bits per heavy atom. The lowest BCUT2D eigenvalue weighted by atomic mass is 9.74. The molecule has 20 heavy (non-hydrogen) atoms. The van der Waals surface area contributed by atoms with Crippen LogP contribution >= 0.6 is 0 Å². The van der Waals surface area contributed by atoms with Crippen LogP contribution in [-0.4, -0.2) is 22.8 Å². The van der Waals surface area contributed by atoms with Crippen molar-refractivity contribution in [3.63, 3.8) is 0 Å². The molecule has 0 spiro atoms. The highest BCUT2D eigenvalue weighted by Crippen LogP contribution is 2.44. The molecule has 0 bridgehead atoms. The van der Waals surface area contributed by atoms with E-state index in [9.17, 15) is 4.79 Å². The van der Waals surface area contributed by atoms with E-state index in [1.165, 1.54) is 0 Å². The largest absolute Gasteiger partial charge is 0.481 e. The lowest BCUT2D eigenvalue weighted by molar-refractivity contribution is -0.316. The van der Waals surface area contributed by atoms with Gasteiger partial charge in [-0.3, -0.25) is 4.79 Å². The summed E-state index contributed by atoms with van der Waals surface area (Å²) in [6, 6.07) is 0. The molecule has 1 N–H and O–H groups in total. The molecule has 0 saturated carbocycles. The number of carboxylic acid groups (broad SMARTS) is 1. The molecule has 0 amide bonds. The zero-order valence-electron chi connectivity index (χ0n) is 14.2. The molecule has 2 atom stereocenters.